The Morgan fingerprint density at radius 3 is 2.79 bits per heavy atom. The lowest BCUT2D eigenvalue weighted by Crippen LogP contribution is -2.34. The Hall–Kier alpha value is -1.75. The molecular formula is C14H17BO4. The summed E-state index contributed by atoms with van der Waals surface area (Å²) in [4.78, 5) is 11.3. The lowest BCUT2D eigenvalue weighted by molar-refractivity contribution is -0.139. The van der Waals surface area contributed by atoms with Gasteiger partial charge in [-0.3, -0.25) is 4.79 Å². The standard InChI is InChI=1S/C14H17BO4/c1-10-14(2,3)19-15(18-10)12-7-5-6-11(8-12)9-13(16)17-4/h5-8H,1,9H2,2-4H3. The van der Waals surface area contributed by atoms with E-state index in [0.29, 0.717) is 5.76 Å². The van der Waals surface area contributed by atoms with Crippen molar-refractivity contribution in [3.63, 3.8) is 0 Å². The molecule has 0 amide bonds. The summed E-state index contributed by atoms with van der Waals surface area (Å²) >= 11 is 0. The molecular weight excluding hydrogens is 243 g/mol. The van der Waals surface area contributed by atoms with Gasteiger partial charge in [0.15, 0.2) is 0 Å². The van der Waals surface area contributed by atoms with E-state index in [1.807, 2.05) is 38.1 Å². The van der Waals surface area contributed by atoms with Gasteiger partial charge in [-0.15, -0.1) is 0 Å². The summed E-state index contributed by atoms with van der Waals surface area (Å²) in [6, 6.07) is 7.53. The summed E-state index contributed by atoms with van der Waals surface area (Å²) in [5, 5.41) is 0. The zero-order valence-corrected chi connectivity index (χ0v) is 11.4. The van der Waals surface area contributed by atoms with Crippen LogP contribution in [0.15, 0.2) is 36.6 Å². The van der Waals surface area contributed by atoms with Crippen molar-refractivity contribution in [2.75, 3.05) is 7.11 Å². The number of hydrogen-bond acceptors (Lipinski definition) is 4. The largest absolute Gasteiger partial charge is 0.563 e. The van der Waals surface area contributed by atoms with Gasteiger partial charge in [0.1, 0.15) is 5.60 Å². The maximum atomic E-state index is 11.3. The molecule has 2 rings (SSSR count). The number of esters is 1. The van der Waals surface area contributed by atoms with Crippen LogP contribution in [0.1, 0.15) is 19.4 Å². The molecule has 0 atom stereocenters. The van der Waals surface area contributed by atoms with E-state index in [2.05, 4.69) is 11.3 Å². The van der Waals surface area contributed by atoms with E-state index in [4.69, 9.17) is 9.31 Å². The van der Waals surface area contributed by atoms with Crippen molar-refractivity contribution in [3.8, 4) is 0 Å². The molecule has 100 valence electrons. The first kappa shape index (κ1) is 13.7. The van der Waals surface area contributed by atoms with Crippen LogP contribution in [0.25, 0.3) is 0 Å². The van der Waals surface area contributed by atoms with Crippen LogP contribution in [0.5, 0.6) is 0 Å². The molecule has 0 N–H and O–H groups in total. The quantitative estimate of drug-likeness (QED) is 0.609. The van der Waals surface area contributed by atoms with E-state index >= 15 is 0 Å². The first-order valence-electron chi connectivity index (χ1n) is 6.12. The third-order valence-corrected chi connectivity index (χ3v) is 3.12. The van der Waals surface area contributed by atoms with E-state index in [1.165, 1.54) is 7.11 Å². The normalized spacial score (nSPS) is 17.2. The minimum atomic E-state index is -0.497. The summed E-state index contributed by atoms with van der Waals surface area (Å²) < 4.78 is 16.1. The summed E-state index contributed by atoms with van der Waals surface area (Å²) in [5.41, 5.74) is 1.24. The second-order valence-corrected chi connectivity index (χ2v) is 5.00. The SMILES string of the molecule is C=C1OB(c2cccc(CC(=O)OC)c2)OC1(C)C. The Balaban J connectivity index is 2.16. The molecule has 0 aromatic heterocycles. The molecule has 0 unspecified atom stereocenters. The number of methoxy groups -OCH3 is 1. The Bertz CT molecular complexity index is 510. The number of rotatable bonds is 3. The maximum Gasteiger partial charge on any atom is 0.563 e. The minimum Gasteiger partial charge on any atom is -0.534 e. The van der Waals surface area contributed by atoms with Crippen molar-refractivity contribution in [2.45, 2.75) is 25.9 Å². The Morgan fingerprint density at radius 1 is 1.47 bits per heavy atom. The third-order valence-electron chi connectivity index (χ3n) is 3.12. The zero-order valence-electron chi connectivity index (χ0n) is 11.4. The highest BCUT2D eigenvalue weighted by Crippen LogP contribution is 2.29. The van der Waals surface area contributed by atoms with Crippen LogP contribution < -0.4 is 5.46 Å². The lowest BCUT2D eigenvalue weighted by Gasteiger charge is -2.15. The van der Waals surface area contributed by atoms with Crippen LogP contribution in [0.4, 0.5) is 0 Å². The van der Waals surface area contributed by atoms with Crippen LogP contribution in [0.3, 0.4) is 0 Å². The van der Waals surface area contributed by atoms with E-state index in [9.17, 15) is 4.79 Å². The Morgan fingerprint density at radius 2 is 2.21 bits per heavy atom. The Labute approximate surface area is 113 Å². The van der Waals surface area contributed by atoms with Crippen molar-refractivity contribution in [3.05, 3.63) is 42.2 Å². The second kappa shape index (κ2) is 5.09. The van der Waals surface area contributed by atoms with E-state index in [1.54, 1.807) is 0 Å². The van der Waals surface area contributed by atoms with E-state index < -0.39 is 12.7 Å². The van der Waals surface area contributed by atoms with Gasteiger partial charge in [-0.2, -0.15) is 0 Å². The van der Waals surface area contributed by atoms with Gasteiger partial charge in [-0.25, -0.2) is 0 Å². The molecule has 4 nitrogen and oxygen atoms in total. The molecule has 1 aliphatic heterocycles. The van der Waals surface area contributed by atoms with Crippen molar-refractivity contribution >= 4 is 18.6 Å². The van der Waals surface area contributed by atoms with Gasteiger partial charge < -0.3 is 14.0 Å². The highest BCUT2D eigenvalue weighted by Gasteiger charge is 2.42. The zero-order chi connectivity index (χ0) is 14.0. The number of hydrogen-bond donors (Lipinski definition) is 0. The molecule has 1 saturated heterocycles. The van der Waals surface area contributed by atoms with Gasteiger partial charge in [0.05, 0.1) is 19.3 Å². The van der Waals surface area contributed by atoms with Crippen molar-refractivity contribution < 1.29 is 18.8 Å². The monoisotopic (exact) mass is 260 g/mol. The number of ether oxygens (including phenoxy) is 1. The fourth-order valence-electron chi connectivity index (χ4n) is 1.85. The number of benzene rings is 1. The molecule has 0 radical (unpaired) electrons. The molecule has 1 heterocycles. The van der Waals surface area contributed by atoms with E-state index in [0.717, 1.165) is 11.0 Å². The molecule has 5 heteroatoms. The fraction of sp³-hybridized carbons (Fsp3) is 0.357. The molecule has 0 saturated carbocycles. The maximum absolute atomic E-state index is 11.3. The van der Waals surface area contributed by atoms with Crippen LogP contribution in [-0.2, 0) is 25.3 Å². The number of carbonyl (C=O) groups is 1. The summed E-state index contributed by atoms with van der Waals surface area (Å²) in [6.07, 6.45) is 0.237. The van der Waals surface area contributed by atoms with Crippen molar-refractivity contribution in [1.29, 1.82) is 0 Å². The molecule has 0 spiro atoms. The summed E-state index contributed by atoms with van der Waals surface area (Å²) in [5.74, 6) is 0.339. The molecule has 1 aromatic rings. The van der Waals surface area contributed by atoms with Crippen LogP contribution in [0.2, 0.25) is 0 Å². The van der Waals surface area contributed by atoms with Crippen LogP contribution in [0, 0.1) is 0 Å². The first-order chi connectivity index (χ1) is 8.92. The lowest BCUT2D eigenvalue weighted by atomic mass is 9.78. The molecule has 1 fully saturated rings. The fourth-order valence-corrected chi connectivity index (χ4v) is 1.85. The molecule has 19 heavy (non-hydrogen) atoms. The molecule has 0 aliphatic carbocycles. The number of carbonyl (C=O) groups excluding carboxylic acids is 1. The van der Waals surface area contributed by atoms with Gasteiger partial charge in [0, 0.05) is 0 Å². The topological polar surface area (TPSA) is 44.8 Å². The van der Waals surface area contributed by atoms with Crippen LogP contribution >= 0.6 is 0 Å². The molecule has 1 aromatic carbocycles. The van der Waals surface area contributed by atoms with Gasteiger partial charge >= 0.3 is 13.1 Å². The Kier molecular flexibility index (Phi) is 3.67. The highest BCUT2D eigenvalue weighted by atomic mass is 16.7. The average Bonchev–Trinajstić information content (AvgIpc) is 2.64. The van der Waals surface area contributed by atoms with Crippen LogP contribution in [-0.4, -0.2) is 25.8 Å². The highest BCUT2D eigenvalue weighted by molar-refractivity contribution is 6.62. The van der Waals surface area contributed by atoms with E-state index in [-0.39, 0.29) is 12.4 Å². The van der Waals surface area contributed by atoms with Gasteiger partial charge in [0.2, 0.25) is 0 Å². The molecule has 1 aliphatic rings. The third kappa shape index (κ3) is 2.99. The van der Waals surface area contributed by atoms with Crippen molar-refractivity contribution in [1.82, 2.24) is 0 Å². The summed E-state index contributed by atoms with van der Waals surface area (Å²) in [6.45, 7) is 7.67. The molecule has 0 bridgehead atoms. The minimum absolute atomic E-state index is 0.237. The second-order valence-electron chi connectivity index (χ2n) is 5.00. The van der Waals surface area contributed by atoms with Gasteiger partial charge in [0.25, 0.3) is 0 Å². The average molecular weight is 260 g/mol. The smallest absolute Gasteiger partial charge is 0.534 e. The van der Waals surface area contributed by atoms with Gasteiger partial charge in [-0.1, -0.05) is 30.8 Å². The predicted octanol–water partition coefficient (Wildman–Crippen LogP) is 1.44. The van der Waals surface area contributed by atoms with Gasteiger partial charge in [-0.05, 0) is 24.9 Å². The predicted molar refractivity (Wildman–Crippen MR) is 72.9 cm³/mol. The summed E-state index contributed by atoms with van der Waals surface area (Å²) in [7, 11) is 0.905. The van der Waals surface area contributed by atoms with Crippen molar-refractivity contribution in [2.24, 2.45) is 0 Å². The first-order valence-corrected chi connectivity index (χ1v) is 6.12.